The van der Waals surface area contributed by atoms with Gasteiger partial charge in [0.15, 0.2) is 5.16 Å². The Labute approximate surface area is 128 Å². The van der Waals surface area contributed by atoms with E-state index in [1.165, 1.54) is 30.2 Å². The minimum atomic E-state index is -3.40. The van der Waals surface area contributed by atoms with Crippen molar-refractivity contribution in [1.82, 2.24) is 13.9 Å². The summed E-state index contributed by atoms with van der Waals surface area (Å²) < 4.78 is 26.9. The monoisotopic (exact) mass is 327 g/mol. The maximum absolute atomic E-state index is 12.0. The Hall–Kier alpha value is -1.35. The van der Waals surface area contributed by atoms with Crippen molar-refractivity contribution in [2.75, 3.05) is 14.1 Å². The number of hydrogen-bond donors (Lipinski definition) is 1. The molecule has 1 aromatic heterocycles. The molecule has 21 heavy (non-hydrogen) atoms. The van der Waals surface area contributed by atoms with Gasteiger partial charge in [-0.05, 0) is 24.3 Å². The molecule has 0 bridgehead atoms. The highest BCUT2D eigenvalue weighted by atomic mass is 32.2. The Morgan fingerprint density at radius 1 is 1.29 bits per heavy atom. The van der Waals surface area contributed by atoms with Crippen LogP contribution in [0.3, 0.4) is 0 Å². The van der Waals surface area contributed by atoms with E-state index in [2.05, 4.69) is 4.98 Å². The van der Waals surface area contributed by atoms with Crippen LogP contribution in [0.15, 0.2) is 45.4 Å². The molecule has 0 amide bonds. The summed E-state index contributed by atoms with van der Waals surface area (Å²) in [7, 11) is 1.43. The lowest BCUT2D eigenvalue weighted by Crippen LogP contribution is -2.22. The highest BCUT2D eigenvalue weighted by Crippen LogP contribution is 2.28. The second-order valence-electron chi connectivity index (χ2n) is 4.61. The summed E-state index contributed by atoms with van der Waals surface area (Å²) in [5.41, 5.74) is 0.726. The predicted molar refractivity (Wildman–Crippen MR) is 80.6 cm³/mol. The molecule has 0 radical (unpaired) electrons. The van der Waals surface area contributed by atoms with Gasteiger partial charge in [-0.25, -0.2) is 17.7 Å². The van der Waals surface area contributed by atoms with Gasteiger partial charge >= 0.3 is 0 Å². The third-order valence-electron chi connectivity index (χ3n) is 3.02. The predicted octanol–water partition coefficient (Wildman–Crippen LogP) is 1.31. The van der Waals surface area contributed by atoms with Crippen molar-refractivity contribution >= 4 is 21.8 Å². The number of aliphatic hydroxyl groups excluding tert-OH is 1. The van der Waals surface area contributed by atoms with E-state index in [1.54, 1.807) is 35.0 Å². The molecule has 0 unspecified atom stereocenters. The number of aromatic nitrogens is 2. The number of rotatable bonds is 5. The van der Waals surface area contributed by atoms with Gasteiger partial charge in [-0.15, -0.1) is 0 Å². The largest absolute Gasteiger partial charge is 0.390 e. The van der Waals surface area contributed by atoms with Gasteiger partial charge in [0.25, 0.3) is 0 Å². The molecule has 0 atom stereocenters. The molecule has 0 fully saturated rings. The van der Waals surface area contributed by atoms with Crippen molar-refractivity contribution in [3.63, 3.8) is 0 Å². The fraction of sp³-hybridized carbons (Fsp3) is 0.308. The molecule has 2 rings (SSSR count). The number of aliphatic hydroxyl groups is 1. The van der Waals surface area contributed by atoms with E-state index in [0.717, 1.165) is 15.7 Å². The minimum Gasteiger partial charge on any atom is -0.390 e. The first-order valence-corrected chi connectivity index (χ1v) is 8.44. The SMILES string of the molecule is CN(C)S(=O)(=O)c1ccc(Sc2ncc(CO)n2C)cc1. The Bertz CT molecular complexity index is 722. The zero-order valence-corrected chi connectivity index (χ0v) is 13.6. The van der Waals surface area contributed by atoms with Crippen LogP contribution in [0.5, 0.6) is 0 Å². The molecule has 8 heteroatoms. The molecule has 0 aliphatic rings. The molecule has 0 aliphatic heterocycles. The molecule has 1 N–H and O–H groups in total. The van der Waals surface area contributed by atoms with Crippen molar-refractivity contribution in [3.05, 3.63) is 36.2 Å². The number of hydrogen-bond acceptors (Lipinski definition) is 5. The Balaban J connectivity index is 2.22. The minimum absolute atomic E-state index is 0.0654. The molecular weight excluding hydrogens is 310 g/mol. The highest BCUT2D eigenvalue weighted by Gasteiger charge is 2.17. The number of benzene rings is 1. The first-order chi connectivity index (χ1) is 9.86. The molecule has 0 saturated carbocycles. The second kappa shape index (κ2) is 6.18. The van der Waals surface area contributed by atoms with Crippen LogP contribution in [0.4, 0.5) is 0 Å². The fourth-order valence-corrected chi connectivity index (χ4v) is 3.41. The van der Waals surface area contributed by atoms with Crippen LogP contribution in [0.1, 0.15) is 5.69 Å². The molecule has 0 spiro atoms. The summed E-state index contributed by atoms with van der Waals surface area (Å²) >= 11 is 1.41. The Morgan fingerprint density at radius 3 is 2.38 bits per heavy atom. The van der Waals surface area contributed by atoms with Crippen molar-refractivity contribution in [3.8, 4) is 0 Å². The summed E-state index contributed by atoms with van der Waals surface area (Å²) in [6, 6.07) is 6.64. The molecular formula is C13H17N3O3S2. The van der Waals surface area contributed by atoms with Gasteiger partial charge in [0.1, 0.15) is 0 Å². The summed E-state index contributed by atoms with van der Waals surface area (Å²) in [6.45, 7) is -0.0654. The zero-order chi connectivity index (χ0) is 15.6. The van der Waals surface area contributed by atoms with Crippen LogP contribution in [-0.2, 0) is 23.7 Å². The van der Waals surface area contributed by atoms with Crippen molar-refractivity contribution in [2.45, 2.75) is 21.6 Å². The number of imidazole rings is 1. The molecule has 0 aliphatic carbocycles. The van der Waals surface area contributed by atoms with Crippen LogP contribution >= 0.6 is 11.8 Å². The fourth-order valence-electron chi connectivity index (χ4n) is 1.66. The smallest absolute Gasteiger partial charge is 0.242 e. The zero-order valence-electron chi connectivity index (χ0n) is 12.0. The van der Waals surface area contributed by atoms with Crippen LogP contribution < -0.4 is 0 Å². The van der Waals surface area contributed by atoms with E-state index in [9.17, 15) is 8.42 Å². The van der Waals surface area contributed by atoms with Crippen LogP contribution in [0.25, 0.3) is 0 Å². The average Bonchev–Trinajstić information content (AvgIpc) is 2.80. The summed E-state index contributed by atoms with van der Waals surface area (Å²) in [4.78, 5) is 5.36. The van der Waals surface area contributed by atoms with Crippen molar-refractivity contribution < 1.29 is 13.5 Å². The van der Waals surface area contributed by atoms with Crippen molar-refractivity contribution in [1.29, 1.82) is 0 Å². The molecule has 114 valence electrons. The molecule has 0 saturated heterocycles. The summed E-state index contributed by atoms with van der Waals surface area (Å²) in [5.74, 6) is 0. The highest BCUT2D eigenvalue weighted by molar-refractivity contribution is 7.99. The normalized spacial score (nSPS) is 12.0. The third-order valence-corrected chi connectivity index (χ3v) is 5.91. The lowest BCUT2D eigenvalue weighted by molar-refractivity contribution is 0.271. The first-order valence-electron chi connectivity index (χ1n) is 6.18. The summed E-state index contributed by atoms with van der Waals surface area (Å²) in [5, 5.41) is 9.87. The van der Waals surface area contributed by atoms with E-state index < -0.39 is 10.0 Å². The van der Waals surface area contributed by atoms with Gasteiger partial charge in [0, 0.05) is 26.0 Å². The molecule has 1 heterocycles. The van der Waals surface area contributed by atoms with Gasteiger partial charge < -0.3 is 9.67 Å². The van der Waals surface area contributed by atoms with Gasteiger partial charge in [-0.2, -0.15) is 0 Å². The van der Waals surface area contributed by atoms with Crippen LogP contribution in [0.2, 0.25) is 0 Å². The quantitative estimate of drug-likeness (QED) is 0.896. The first kappa shape index (κ1) is 16.0. The van der Waals surface area contributed by atoms with Crippen molar-refractivity contribution in [2.24, 2.45) is 7.05 Å². The average molecular weight is 327 g/mol. The van der Waals surface area contributed by atoms with Gasteiger partial charge in [-0.1, -0.05) is 11.8 Å². The topological polar surface area (TPSA) is 75.4 Å². The van der Waals surface area contributed by atoms with Crippen LogP contribution in [0, 0.1) is 0 Å². The maximum Gasteiger partial charge on any atom is 0.242 e. The molecule has 1 aromatic carbocycles. The van der Waals surface area contributed by atoms with E-state index >= 15 is 0 Å². The molecule has 2 aromatic rings. The maximum atomic E-state index is 12.0. The van der Waals surface area contributed by atoms with E-state index in [-0.39, 0.29) is 11.5 Å². The second-order valence-corrected chi connectivity index (χ2v) is 7.80. The third kappa shape index (κ3) is 3.29. The van der Waals surface area contributed by atoms with Crippen LogP contribution in [-0.4, -0.2) is 41.5 Å². The van der Waals surface area contributed by atoms with E-state index in [0.29, 0.717) is 0 Å². The van der Waals surface area contributed by atoms with Gasteiger partial charge in [0.2, 0.25) is 10.0 Å². The lowest BCUT2D eigenvalue weighted by Gasteiger charge is -2.11. The van der Waals surface area contributed by atoms with Gasteiger partial charge in [0.05, 0.1) is 23.4 Å². The summed E-state index contributed by atoms with van der Waals surface area (Å²) in [6.07, 6.45) is 1.62. The lowest BCUT2D eigenvalue weighted by atomic mass is 10.4. The standard InChI is InChI=1S/C13H17N3O3S2/c1-15(2)21(18,19)12-6-4-11(5-7-12)20-13-14-8-10(9-17)16(13)3/h4-8,17H,9H2,1-3H3. The number of sulfonamides is 1. The van der Waals surface area contributed by atoms with E-state index in [1.807, 2.05) is 7.05 Å². The Morgan fingerprint density at radius 2 is 1.90 bits per heavy atom. The van der Waals surface area contributed by atoms with Gasteiger partial charge in [-0.3, -0.25) is 0 Å². The number of nitrogens with zero attached hydrogens (tertiary/aromatic N) is 3. The molecule has 6 nitrogen and oxygen atoms in total. The Kier molecular flexibility index (Phi) is 4.72. The van der Waals surface area contributed by atoms with E-state index in [4.69, 9.17) is 5.11 Å².